The quantitative estimate of drug-likeness (QED) is 0.0584. The normalized spacial score (nSPS) is 13.9. The third kappa shape index (κ3) is 26.9. The van der Waals surface area contributed by atoms with Gasteiger partial charge in [0.15, 0.2) is 0 Å². The van der Waals surface area contributed by atoms with Crippen LogP contribution in [0.3, 0.4) is 0 Å². The predicted molar refractivity (Wildman–Crippen MR) is 198 cm³/mol. The van der Waals surface area contributed by atoms with Gasteiger partial charge in [-0.15, -0.1) is 0 Å². The third-order valence-corrected chi connectivity index (χ3v) is 9.23. The largest absolute Gasteiger partial charge is 0.464 e. The van der Waals surface area contributed by atoms with Gasteiger partial charge in [0.1, 0.15) is 13.2 Å². The minimum Gasteiger partial charge on any atom is -0.464 e. The second kappa shape index (κ2) is 32.9. The minimum atomic E-state index is -0.188. The Morgan fingerprint density at radius 3 is 1.74 bits per heavy atom. The summed E-state index contributed by atoms with van der Waals surface area (Å²) in [5, 5.41) is 0. The van der Waals surface area contributed by atoms with Crippen molar-refractivity contribution in [1.29, 1.82) is 0 Å². The molecule has 0 N–H and O–H groups in total. The topological polar surface area (TPSA) is 76.1 Å². The summed E-state index contributed by atoms with van der Waals surface area (Å²) in [6, 6.07) is 0. The van der Waals surface area contributed by atoms with E-state index in [0.29, 0.717) is 25.9 Å². The van der Waals surface area contributed by atoms with Gasteiger partial charge in [-0.05, 0) is 51.1 Å². The molecule has 47 heavy (non-hydrogen) atoms. The van der Waals surface area contributed by atoms with E-state index in [0.717, 1.165) is 76.9 Å². The molecule has 1 amide bonds. The molecule has 1 aliphatic heterocycles. The van der Waals surface area contributed by atoms with Crippen molar-refractivity contribution in [1.82, 2.24) is 9.80 Å². The number of rotatable bonds is 29. The number of likely N-dealkylation sites (tertiary alicyclic amines) is 1. The molecule has 0 radical (unpaired) electrons. The highest BCUT2D eigenvalue weighted by Gasteiger charge is 2.21. The van der Waals surface area contributed by atoms with Crippen molar-refractivity contribution in [3.05, 3.63) is 0 Å². The van der Waals surface area contributed by atoms with Gasteiger partial charge in [0, 0.05) is 19.4 Å². The van der Waals surface area contributed by atoms with Crippen molar-refractivity contribution >= 4 is 17.8 Å². The van der Waals surface area contributed by atoms with Crippen molar-refractivity contribution in [2.24, 2.45) is 11.8 Å². The fraction of sp³-hybridized carbons (Fsp3) is 0.925. The maximum atomic E-state index is 13.3. The smallest absolute Gasteiger partial charge is 0.308 e. The summed E-state index contributed by atoms with van der Waals surface area (Å²) in [6.07, 6.45) is 23.7. The van der Waals surface area contributed by atoms with Crippen LogP contribution in [-0.2, 0) is 23.9 Å². The first-order valence-electron chi connectivity index (χ1n) is 20.2. The van der Waals surface area contributed by atoms with Gasteiger partial charge in [-0.2, -0.15) is 0 Å². The van der Waals surface area contributed by atoms with E-state index in [1.165, 1.54) is 77.0 Å². The first-order valence-corrected chi connectivity index (χ1v) is 20.2. The monoisotopic (exact) mass is 667 g/mol. The van der Waals surface area contributed by atoms with Crippen molar-refractivity contribution in [2.45, 2.75) is 183 Å². The zero-order valence-electron chi connectivity index (χ0n) is 32.1. The van der Waals surface area contributed by atoms with Crippen LogP contribution in [0.15, 0.2) is 0 Å². The number of hydrogen-bond donors (Lipinski definition) is 0. The van der Waals surface area contributed by atoms with Gasteiger partial charge in [-0.25, -0.2) is 0 Å². The van der Waals surface area contributed by atoms with Gasteiger partial charge < -0.3 is 19.3 Å². The van der Waals surface area contributed by atoms with Crippen LogP contribution in [0.2, 0.25) is 0 Å². The lowest BCUT2D eigenvalue weighted by Crippen LogP contribution is -2.40. The van der Waals surface area contributed by atoms with Gasteiger partial charge >= 0.3 is 11.9 Å². The van der Waals surface area contributed by atoms with Crippen molar-refractivity contribution in [3.8, 4) is 0 Å². The highest BCUT2D eigenvalue weighted by molar-refractivity contribution is 5.76. The molecule has 1 aliphatic rings. The van der Waals surface area contributed by atoms with Gasteiger partial charge in [-0.3, -0.25) is 14.4 Å². The van der Waals surface area contributed by atoms with Crippen LogP contribution in [0.1, 0.15) is 183 Å². The highest BCUT2D eigenvalue weighted by Crippen LogP contribution is 2.21. The number of ether oxygens (including phenoxy) is 2. The summed E-state index contributed by atoms with van der Waals surface area (Å²) in [5.41, 5.74) is 0. The number of amides is 1. The number of carbonyl (C=O) groups is 3. The molecule has 1 heterocycles. The van der Waals surface area contributed by atoms with E-state index >= 15 is 0 Å². The van der Waals surface area contributed by atoms with E-state index in [4.69, 9.17) is 9.47 Å². The second-order valence-electron chi connectivity index (χ2n) is 13.9. The summed E-state index contributed by atoms with van der Waals surface area (Å²) in [4.78, 5) is 42.9. The molecule has 0 aliphatic carbocycles. The molecule has 7 nitrogen and oxygen atoms in total. The van der Waals surface area contributed by atoms with E-state index in [1.54, 1.807) is 4.90 Å². The van der Waals surface area contributed by atoms with Gasteiger partial charge in [0.2, 0.25) is 5.91 Å². The average Bonchev–Trinajstić information content (AvgIpc) is 3.08. The number of unbranched alkanes of at least 4 members (excludes halogenated alkanes) is 11. The number of esters is 2. The summed E-state index contributed by atoms with van der Waals surface area (Å²) in [6.45, 7) is 16.9. The maximum Gasteiger partial charge on any atom is 0.308 e. The van der Waals surface area contributed by atoms with E-state index < -0.39 is 0 Å². The molecule has 1 rings (SSSR count). The highest BCUT2D eigenvalue weighted by atomic mass is 16.5. The van der Waals surface area contributed by atoms with Crippen LogP contribution in [-0.4, -0.2) is 73.6 Å². The predicted octanol–water partition coefficient (Wildman–Crippen LogP) is 10.1. The summed E-state index contributed by atoms with van der Waals surface area (Å²) in [7, 11) is 0. The summed E-state index contributed by atoms with van der Waals surface area (Å²) in [5.74, 6) is 0.418. The van der Waals surface area contributed by atoms with Crippen molar-refractivity contribution in [3.63, 3.8) is 0 Å². The zero-order chi connectivity index (χ0) is 35.0. The number of nitrogens with zero attached hydrogens (tertiary/aromatic N) is 2. The first-order chi connectivity index (χ1) is 22.9. The fourth-order valence-electron chi connectivity index (χ4n) is 6.22. The number of piperidine rings is 1. The molecule has 1 saturated heterocycles. The molecule has 0 aromatic rings. The van der Waals surface area contributed by atoms with Crippen molar-refractivity contribution in [2.75, 3.05) is 45.9 Å². The molecule has 0 spiro atoms. The standard InChI is InChI=1S/C38H72N2O5.C2H6/c1-5-7-9-11-12-18-24-35(23-17-10-8-6-2)38(43)45-33-31-40(36(41)26-29-39-27-20-15-21-28-39)30-32-44-37(42)25-19-14-13-16-22-34(3)4;1-2/h34-35H,5-33H2,1-4H3;1-2H3. The second-order valence-corrected chi connectivity index (χ2v) is 13.9. The van der Waals surface area contributed by atoms with E-state index in [-0.39, 0.29) is 37.0 Å². The molecule has 1 unspecified atom stereocenters. The van der Waals surface area contributed by atoms with E-state index in [2.05, 4.69) is 32.6 Å². The molecule has 278 valence electrons. The Hall–Kier alpha value is -1.63. The average molecular weight is 667 g/mol. The Morgan fingerprint density at radius 1 is 0.638 bits per heavy atom. The Kier molecular flexibility index (Phi) is 31.8. The molecule has 0 aromatic carbocycles. The van der Waals surface area contributed by atoms with Crippen LogP contribution in [0.25, 0.3) is 0 Å². The Labute approximate surface area is 291 Å². The number of carbonyl (C=O) groups excluding carboxylic acids is 3. The Morgan fingerprint density at radius 2 is 1.15 bits per heavy atom. The first kappa shape index (κ1) is 45.4. The summed E-state index contributed by atoms with van der Waals surface area (Å²) < 4.78 is 11.3. The molecular weight excluding hydrogens is 588 g/mol. The van der Waals surface area contributed by atoms with Crippen LogP contribution >= 0.6 is 0 Å². The molecular formula is C40H78N2O5. The van der Waals surface area contributed by atoms with Gasteiger partial charge in [0.25, 0.3) is 0 Å². The molecule has 0 aromatic heterocycles. The van der Waals surface area contributed by atoms with E-state index in [1.807, 2.05) is 13.8 Å². The van der Waals surface area contributed by atoms with Crippen LogP contribution < -0.4 is 0 Å². The maximum absolute atomic E-state index is 13.3. The van der Waals surface area contributed by atoms with Crippen LogP contribution in [0, 0.1) is 11.8 Å². The molecule has 0 saturated carbocycles. The lowest BCUT2D eigenvalue weighted by molar-refractivity contribution is -0.151. The molecule has 1 fully saturated rings. The van der Waals surface area contributed by atoms with Gasteiger partial charge in [-0.1, -0.05) is 138 Å². The van der Waals surface area contributed by atoms with Crippen LogP contribution in [0.5, 0.6) is 0 Å². The summed E-state index contributed by atoms with van der Waals surface area (Å²) >= 11 is 0. The molecule has 7 heteroatoms. The fourth-order valence-corrected chi connectivity index (χ4v) is 6.22. The molecule has 1 atom stereocenters. The SMILES string of the molecule is CC.CCCCCCCCC(CCCCCC)C(=O)OCCN(CCOC(=O)CCCCCCC(C)C)C(=O)CCN1CCCCC1. The van der Waals surface area contributed by atoms with Crippen LogP contribution in [0.4, 0.5) is 0 Å². The molecule has 0 bridgehead atoms. The minimum absolute atomic E-state index is 0.0426. The lowest BCUT2D eigenvalue weighted by atomic mass is 9.94. The Bertz CT molecular complexity index is 738. The zero-order valence-corrected chi connectivity index (χ0v) is 32.1. The van der Waals surface area contributed by atoms with Crippen molar-refractivity contribution < 1.29 is 23.9 Å². The van der Waals surface area contributed by atoms with Gasteiger partial charge in [0.05, 0.1) is 19.0 Å². The lowest BCUT2D eigenvalue weighted by Gasteiger charge is -2.28. The Balaban J connectivity index is 0.0000104. The third-order valence-electron chi connectivity index (χ3n) is 9.23. The number of hydrogen-bond acceptors (Lipinski definition) is 6. The van der Waals surface area contributed by atoms with E-state index in [9.17, 15) is 14.4 Å².